The molecule has 2 saturated heterocycles. The number of piperidine rings is 1. The molecule has 5 heteroatoms. The van der Waals surface area contributed by atoms with E-state index in [0.29, 0.717) is 11.9 Å². The predicted molar refractivity (Wildman–Crippen MR) is 91.3 cm³/mol. The lowest BCUT2D eigenvalue weighted by atomic mass is 10.0. The van der Waals surface area contributed by atoms with Crippen molar-refractivity contribution >= 4 is 5.91 Å². The molecular weight excluding hydrogens is 288 g/mol. The van der Waals surface area contributed by atoms with E-state index in [2.05, 4.69) is 39.4 Å². The molecule has 0 aliphatic carbocycles. The molecular formula is C18H30N4O. The zero-order valence-corrected chi connectivity index (χ0v) is 14.6. The summed E-state index contributed by atoms with van der Waals surface area (Å²) in [6.45, 7) is 8.24. The smallest absolute Gasteiger partial charge is 0.239 e. The van der Waals surface area contributed by atoms with Crippen molar-refractivity contribution < 1.29 is 4.79 Å². The molecule has 2 fully saturated rings. The third-order valence-corrected chi connectivity index (χ3v) is 5.33. The molecule has 5 nitrogen and oxygen atoms in total. The van der Waals surface area contributed by atoms with Crippen molar-refractivity contribution in [2.45, 2.75) is 64.5 Å². The first kappa shape index (κ1) is 16.5. The Hall–Kier alpha value is -1.36. The van der Waals surface area contributed by atoms with Crippen LogP contribution in [0.25, 0.3) is 0 Å². The largest absolute Gasteiger partial charge is 0.339 e. The Kier molecular flexibility index (Phi) is 5.36. The van der Waals surface area contributed by atoms with Crippen LogP contribution in [0.1, 0.15) is 57.8 Å². The number of hydrogen-bond donors (Lipinski definition) is 0. The maximum Gasteiger partial charge on any atom is 0.239 e. The number of carbonyl (C=O) groups excluding carboxylic acids is 1. The molecule has 1 aromatic rings. The molecule has 2 aliphatic rings. The molecule has 23 heavy (non-hydrogen) atoms. The average molecular weight is 318 g/mol. The molecule has 0 N–H and O–H groups in total. The number of aryl methyl sites for hydroxylation is 1. The highest BCUT2D eigenvalue weighted by Gasteiger charge is 2.35. The fourth-order valence-electron chi connectivity index (χ4n) is 4.20. The maximum atomic E-state index is 13.0. The van der Waals surface area contributed by atoms with Gasteiger partial charge in [0.15, 0.2) is 0 Å². The second kappa shape index (κ2) is 7.47. The zero-order chi connectivity index (χ0) is 16.2. The molecule has 0 aromatic carbocycles. The van der Waals surface area contributed by atoms with Gasteiger partial charge in [-0.05, 0) is 45.2 Å². The minimum Gasteiger partial charge on any atom is -0.339 e. The van der Waals surface area contributed by atoms with Crippen LogP contribution in [0, 0.1) is 0 Å². The van der Waals surface area contributed by atoms with E-state index < -0.39 is 0 Å². The number of likely N-dealkylation sites (tertiary alicyclic amines) is 2. The number of aromatic nitrogens is 2. The standard InChI is InChI=1S/C18H30N4O/c1-3-10-20-11-6-8-16(20)18(23)21-12-5-7-15(14-21)22-13-9-19-17(22)4-2/h9,13,15-16H,3-8,10-12,14H2,1-2H3/t15-,16-/m0/s1. The lowest BCUT2D eigenvalue weighted by molar-refractivity contribution is -0.137. The third-order valence-electron chi connectivity index (χ3n) is 5.33. The van der Waals surface area contributed by atoms with Crippen molar-refractivity contribution in [3.05, 3.63) is 18.2 Å². The van der Waals surface area contributed by atoms with Gasteiger partial charge in [-0.1, -0.05) is 13.8 Å². The number of rotatable bonds is 5. The zero-order valence-electron chi connectivity index (χ0n) is 14.6. The molecule has 128 valence electrons. The van der Waals surface area contributed by atoms with Crippen LogP contribution in [0.3, 0.4) is 0 Å². The van der Waals surface area contributed by atoms with Crippen molar-refractivity contribution in [3.63, 3.8) is 0 Å². The highest BCUT2D eigenvalue weighted by Crippen LogP contribution is 2.26. The molecule has 0 unspecified atom stereocenters. The van der Waals surface area contributed by atoms with Crippen LogP contribution in [-0.4, -0.2) is 57.5 Å². The molecule has 1 amide bonds. The van der Waals surface area contributed by atoms with Gasteiger partial charge in [-0.25, -0.2) is 4.98 Å². The number of amides is 1. The van der Waals surface area contributed by atoms with E-state index in [1.807, 2.05) is 6.20 Å². The molecule has 1 aromatic heterocycles. The first-order valence-electron chi connectivity index (χ1n) is 9.29. The Labute approximate surface area is 139 Å². The normalized spacial score (nSPS) is 25.9. The number of carbonyl (C=O) groups is 1. The molecule has 2 aliphatic heterocycles. The monoisotopic (exact) mass is 318 g/mol. The van der Waals surface area contributed by atoms with Crippen molar-refractivity contribution in [2.24, 2.45) is 0 Å². The van der Waals surface area contributed by atoms with Gasteiger partial charge in [-0.3, -0.25) is 9.69 Å². The molecule has 0 radical (unpaired) electrons. The SMILES string of the molecule is CCCN1CCC[C@H]1C(=O)N1CCC[C@H](n2ccnc2CC)C1. The van der Waals surface area contributed by atoms with Crippen LogP contribution < -0.4 is 0 Å². The molecule has 0 bridgehead atoms. The number of hydrogen-bond acceptors (Lipinski definition) is 3. The van der Waals surface area contributed by atoms with Gasteiger partial charge in [-0.15, -0.1) is 0 Å². The summed E-state index contributed by atoms with van der Waals surface area (Å²) in [6.07, 6.45) is 10.5. The third kappa shape index (κ3) is 3.44. The minimum absolute atomic E-state index is 0.127. The summed E-state index contributed by atoms with van der Waals surface area (Å²) in [7, 11) is 0. The van der Waals surface area contributed by atoms with Crippen LogP contribution in [0.5, 0.6) is 0 Å². The summed E-state index contributed by atoms with van der Waals surface area (Å²) >= 11 is 0. The van der Waals surface area contributed by atoms with Crippen molar-refractivity contribution in [1.82, 2.24) is 19.4 Å². The molecule has 0 saturated carbocycles. The van der Waals surface area contributed by atoms with Gasteiger partial charge in [0.25, 0.3) is 0 Å². The lowest BCUT2D eigenvalue weighted by Crippen LogP contribution is -2.49. The first-order chi connectivity index (χ1) is 11.2. The van der Waals surface area contributed by atoms with Crippen LogP contribution in [0.2, 0.25) is 0 Å². The lowest BCUT2D eigenvalue weighted by Gasteiger charge is -2.37. The summed E-state index contributed by atoms with van der Waals surface area (Å²) in [4.78, 5) is 22.0. The summed E-state index contributed by atoms with van der Waals surface area (Å²) in [5.74, 6) is 1.50. The average Bonchev–Trinajstić information content (AvgIpc) is 3.23. The minimum atomic E-state index is 0.127. The van der Waals surface area contributed by atoms with E-state index in [-0.39, 0.29) is 6.04 Å². The highest BCUT2D eigenvalue weighted by molar-refractivity contribution is 5.82. The fourth-order valence-corrected chi connectivity index (χ4v) is 4.20. The Morgan fingerprint density at radius 3 is 2.87 bits per heavy atom. The van der Waals surface area contributed by atoms with Crippen molar-refractivity contribution in [1.29, 1.82) is 0 Å². The van der Waals surface area contributed by atoms with E-state index >= 15 is 0 Å². The molecule has 2 atom stereocenters. The van der Waals surface area contributed by atoms with Gasteiger partial charge in [0.1, 0.15) is 5.82 Å². The number of imidazole rings is 1. The summed E-state index contributed by atoms with van der Waals surface area (Å²) < 4.78 is 2.29. The van der Waals surface area contributed by atoms with E-state index in [9.17, 15) is 4.79 Å². The van der Waals surface area contributed by atoms with Crippen molar-refractivity contribution in [3.8, 4) is 0 Å². The second-order valence-corrected chi connectivity index (χ2v) is 6.88. The fraction of sp³-hybridized carbons (Fsp3) is 0.778. The number of nitrogens with zero attached hydrogens (tertiary/aromatic N) is 4. The maximum absolute atomic E-state index is 13.0. The van der Waals surface area contributed by atoms with Gasteiger partial charge in [0.2, 0.25) is 5.91 Å². The van der Waals surface area contributed by atoms with Crippen molar-refractivity contribution in [2.75, 3.05) is 26.2 Å². The van der Waals surface area contributed by atoms with Crippen LogP contribution >= 0.6 is 0 Å². The van der Waals surface area contributed by atoms with E-state index in [0.717, 1.165) is 70.5 Å². The Bertz CT molecular complexity index is 527. The van der Waals surface area contributed by atoms with E-state index in [1.54, 1.807) is 0 Å². The van der Waals surface area contributed by atoms with Crippen LogP contribution in [0.4, 0.5) is 0 Å². The van der Waals surface area contributed by atoms with E-state index in [1.165, 1.54) is 0 Å². The topological polar surface area (TPSA) is 41.4 Å². The van der Waals surface area contributed by atoms with Crippen LogP contribution in [-0.2, 0) is 11.2 Å². The first-order valence-corrected chi connectivity index (χ1v) is 9.29. The Balaban J connectivity index is 1.67. The highest BCUT2D eigenvalue weighted by atomic mass is 16.2. The predicted octanol–water partition coefficient (Wildman–Crippen LogP) is 2.48. The summed E-state index contributed by atoms with van der Waals surface area (Å²) in [5.41, 5.74) is 0. The van der Waals surface area contributed by atoms with E-state index in [4.69, 9.17) is 0 Å². The van der Waals surface area contributed by atoms with Crippen LogP contribution in [0.15, 0.2) is 12.4 Å². The molecule has 3 heterocycles. The van der Waals surface area contributed by atoms with Gasteiger partial charge in [-0.2, -0.15) is 0 Å². The molecule has 0 spiro atoms. The summed E-state index contributed by atoms with van der Waals surface area (Å²) in [5, 5.41) is 0. The quantitative estimate of drug-likeness (QED) is 0.837. The van der Waals surface area contributed by atoms with Gasteiger partial charge >= 0.3 is 0 Å². The van der Waals surface area contributed by atoms with Gasteiger partial charge in [0.05, 0.1) is 12.1 Å². The van der Waals surface area contributed by atoms with Gasteiger partial charge < -0.3 is 9.47 Å². The Morgan fingerprint density at radius 2 is 2.09 bits per heavy atom. The second-order valence-electron chi connectivity index (χ2n) is 6.88. The van der Waals surface area contributed by atoms with Gasteiger partial charge in [0, 0.05) is 31.9 Å². The Morgan fingerprint density at radius 1 is 1.26 bits per heavy atom. The molecule has 3 rings (SSSR count). The summed E-state index contributed by atoms with van der Waals surface area (Å²) in [6, 6.07) is 0.522.